The van der Waals surface area contributed by atoms with Gasteiger partial charge in [-0.05, 0) is 17.9 Å². The third-order valence-electron chi connectivity index (χ3n) is 2.38. The summed E-state index contributed by atoms with van der Waals surface area (Å²) in [5, 5.41) is 0. The Kier molecular flexibility index (Phi) is 2.77. The quantitative estimate of drug-likeness (QED) is 0.436. The minimum atomic E-state index is -0.430. The van der Waals surface area contributed by atoms with Crippen molar-refractivity contribution in [3.05, 3.63) is 29.8 Å². The van der Waals surface area contributed by atoms with Crippen molar-refractivity contribution in [2.45, 2.75) is 17.2 Å². The molecule has 0 aliphatic carbocycles. The molecule has 0 amide bonds. The molecule has 0 spiro atoms. The number of ether oxygens (including phenoxy) is 1. The summed E-state index contributed by atoms with van der Waals surface area (Å²) in [6, 6.07) is 7.59. The zero-order chi connectivity index (χ0) is 10.8. The van der Waals surface area contributed by atoms with E-state index in [2.05, 4.69) is 4.74 Å². The van der Waals surface area contributed by atoms with E-state index in [1.807, 2.05) is 30.5 Å². The van der Waals surface area contributed by atoms with E-state index in [0.29, 0.717) is 0 Å². The summed E-state index contributed by atoms with van der Waals surface area (Å²) in [6.07, 6.45) is 2.11. The maximum absolute atomic E-state index is 11.4. The van der Waals surface area contributed by atoms with Crippen molar-refractivity contribution in [3.8, 4) is 0 Å². The minimum Gasteiger partial charge on any atom is -0.393 e. The fourth-order valence-electron chi connectivity index (χ4n) is 1.67. The highest BCUT2D eigenvalue weighted by atomic mass is 32.2. The Morgan fingerprint density at radius 1 is 1.33 bits per heavy atom. The van der Waals surface area contributed by atoms with Crippen LogP contribution in [0.2, 0.25) is 0 Å². The molecule has 0 N–H and O–H groups in total. The molecule has 0 bridgehead atoms. The third kappa shape index (κ3) is 1.90. The third-order valence-corrected chi connectivity index (χ3v) is 3.20. The van der Waals surface area contributed by atoms with E-state index in [1.165, 1.54) is 0 Å². The van der Waals surface area contributed by atoms with Gasteiger partial charge in [-0.1, -0.05) is 18.2 Å². The topological polar surface area (TPSA) is 43.4 Å². The monoisotopic (exact) mass is 222 g/mol. The van der Waals surface area contributed by atoms with Crippen molar-refractivity contribution in [1.82, 2.24) is 0 Å². The van der Waals surface area contributed by atoms with Crippen LogP contribution in [0.25, 0.3) is 0 Å². The Labute approximate surface area is 91.8 Å². The van der Waals surface area contributed by atoms with Gasteiger partial charge in [0.25, 0.3) is 0 Å². The van der Waals surface area contributed by atoms with Crippen LogP contribution in [0.3, 0.4) is 0 Å². The number of carbonyl (C=O) groups is 2. The molecule has 1 aliphatic rings. The molecule has 1 unspecified atom stereocenters. The SMILES string of the molecule is CSc1ccccc1C1CC(=O)OC1=O. The molecular weight excluding hydrogens is 212 g/mol. The molecule has 1 fully saturated rings. The summed E-state index contributed by atoms with van der Waals surface area (Å²) in [4.78, 5) is 23.4. The normalized spacial score (nSPS) is 20.5. The number of esters is 2. The number of rotatable bonds is 2. The van der Waals surface area contributed by atoms with Gasteiger partial charge in [0.2, 0.25) is 0 Å². The highest BCUT2D eigenvalue weighted by Crippen LogP contribution is 2.33. The van der Waals surface area contributed by atoms with Crippen LogP contribution in [0.1, 0.15) is 17.9 Å². The molecule has 0 radical (unpaired) electrons. The molecule has 0 aromatic heterocycles. The van der Waals surface area contributed by atoms with Crippen LogP contribution in [0.5, 0.6) is 0 Å². The lowest BCUT2D eigenvalue weighted by Gasteiger charge is -2.09. The predicted octanol–water partition coefficient (Wildman–Crippen LogP) is 1.97. The molecule has 15 heavy (non-hydrogen) atoms. The van der Waals surface area contributed by atoms with E-state index < -0.39 is 17.9 Å². The zero-order valence-electron chi connectivity index (χ0n) is 8.23. The van der Waals surface area contributed by atoms with Crippen LogP contribution >= 0.6 is 11.8 Å². The van der Waals surface area contributed by atoms with Gasteiger partial charge in [-0.25, -0.2) is 0 Å². The number of benzene rings is 1. The smallest absolute Gasteiger partial charge is 0.321 e. The molecule has 1 saturated heterocycles. The van der Waals surface area contributed by atoms with Crippen LogP contribution in [0.15, 0.2) is 29.2 Å². The second-order valence-electron chi connectivity index (χ2n) is 3.29. The van der Waals surface area contributed by atoms with Crippen LogP contribution in [-0.2, 0) is 14.3 Å². The standard InChI is InChI=1S/C11H10O3S/c1-15-9-5-3-2-4-7(9)8-6-10(12)14-11(8)13/h2-5,8H,6H2,1H3. The molecular formula is C11H10O3S. The van der Waals surface area contributed by atoms with Crippen molar-refractivity contribution < 1.29 is 14.3 Å². The highest BCUT2D eigenvalue weighted by Gasteiger charge is 2.35. The number of thioether (sulfide) groups is 1. The molecule has 4 heteroatoms. The highest BCUT2D eigenvalue weighted by molar-refractivity contribution is 7.98. The molecule has 2 rings (SSSR count). The maximum atomic E-state index is 11.4. The Bertz CT molecular complexity index is 414. The van der Waals surface area contributed by atoms with Crippen molar-refractivity contribution in [2.75, 3.05) is 6.26 Å². The Morgan fingerprint density at radius 3 is 2.67 bits per heavy atom. The van der Waals surface area contributed by atoms with E-state index in [0.717, 1.165) is 10.5 Å². The second-order valence-corrected chi connectivity index (χ2v) is 4.14. The van der Waals surface area contributed by atoms with Gasteiger partial charge in [0.15, 0.2) is 0 Å². The van der Waals surface area contributed by atoms with Crippen molar-refractivity contribution in [3.63, 3.8) is 0 Å². The first-order valence-electron chi connectivity index (χ1n) is 4.60. The van der Waals surface area contributed by atoms with Gasteiger partial charge >= 0.3 is 11.9 Å². The fourth-order valence-corrected chi connectivity index (χ4v) is 2.33. The first-order valence-corrected chi connectivity index (χ1v) is 5.82. The Balaban J connectivity index is 2.37. The molecule has 1 atom stereocenters. The average Bonchev–Trinajstić information content (AvgIpc) is 2.57. The van der Waals surface area contributed by atoms with Gasteiger partial charge in [0.1, 0.15) is 0 Å². The summed E-state index contributed by atoms with van der Waals surface area (Å²) in [7, 11) is 0. The van der Waals surface area contributed by atoms with E-state index in [4.69, 9.17) is 0 Å². The number of hydrogen-bond acceptors (Lipinski definition) is 4. The summed E-state index contributed by atoms with van der Waals surface area (Å²) < 4.78 is 4.54. The van der Waals surface area contributed by atoms with E-state index in [-0.39, 0.29) is 6.42 Å². The Morgan fingerprint density at radius 2 is 2.07 bits per heavy atom. The van der Waals surface area contributed by atoms with Crippen LogP contribution in [0, 0.1) is 0 Å². The average molecular weight is 222 g/mol. The van der Waals surface area contributed by atoms with E-state index in [9.17, 15) is 9.59 Å². The molecule has 1 aromatic rings. The number of hydrogen-bond donors (Lipinski definition) is 0. The first kappa shape index (κ1) is 10.2. The molecule has 1 aromatic carbocycles. The first-order chi connectivity index (χ1) is 7.22. The van der Waals surface area contributed by atoms with E-state index in [1.54, 1.807) is 11.8 Å². The molecule has 1 heterocycles. The van der Waals surface area contributed by atoms with Gasteiger partial charge in [0, 0.05) is 4.90 Å². The summed E-state index contributed by atoms with van der Waals surface area (Å²) in [5.41, 5.74) is 0.890. The molecule has 0 saturated carbocycles. The largest absolute Gasteiger partial charge is 0.393 e. The number of cyclic esters (lactones) is 2. The minimum absolute atomic E-state index is 0.163. The predicted molar refractivity (Wildman–Crippen MR) is 56.7 cm³/mol. The molecule has 78 valence electrons. The lowest BCUT2D eigenvalue weighted by Crippen LogP contribution is -2.06. The Hall–Kier alpha value is -1.29. The maximum Gasteiger partial charge on any atom is 0.321 e. The second kappa shape index (κ2) is 4.06. The van der Waals surface area contributed by atoms with Crippen molar-refractivity contribution in [2.24, 2.45) is 0 Å². The van der Waals surface area contributed by atoms with Gasteiger partial charge in [-0.2, -0.15) is 0 Å². The van der Waals surface area contributed by atoms with E-state index >= 15 is 0 Å². The molecule has 1 aliphatic heterocycles. The summed E-state index contributed by atoms with van der Waals surface area (Å²) >= 11 is 1.57. The fraction of sp³-hybridized carbons (Fsp3) is 0.273. The zero-order valence-corrected chi connectivity index (χ0v) is 9.04. The lowest BCUT2D eigenvalue weighted by atomic mass is 9.98. The van der Waals surface area contributed by atoms with Gasteiger partial charge in [-0.15, -0.1) is 11.8 Å². The number of carbonyl (C=O) groups excluding carboxylic acids is 2. The van der Waals surface area contributed by atoms with Crippen LogP contribution in [0.4, 0.5) is 0 Å². The lowest BCUT2D eigenvalue weighted by molar-refractivity contribution is -0.152. The van der Waals surface area contributed by atoms with Crippen LogP contribution < -0.4 is 0 Å². The van der Waals surface area contributed by atoms with Gasteiger partial charge < -0.3 is 4.74 Å². The van der Waals surface area contributed by atoms with Gasteiger partial charge in [-0.3, -0.25) is 9.59 Å². The summed E-state index contributed by atoms with van der Waals surface area (Å²) in [5.74, 6) is -1.27. The van der Waals surface area contributed by atoms with Crippen molar-refractivity contribution in [1.29, 1.82) is 0 Å². The van der Waals surface area contributed by atoms with Crippen molar-refractivity contribution >= 4 is 23.7 Å². The summed E-state index contributed by atoms with van der Waals surface area (Å²) in [6.45, 7) is 0. The molecule has 3 nitrogen and oxygen atoms in total. The van der Waals surface area contributed by atoms with Crippen LogP contribution in [-0.4, -0.2) is 18.2 Å². The van der Waals surface area contributed by atoms with Gasteiger partial charge in [0.05, 0.1) is 12.3 Å².